The molecule has 17 heavy (non-hydrogen) atoms. The highest BCUT2D eigenvalue weighted by molar-refractivity contribution is 5.92. The molecule has 1 amide bonds. The Kier molecular flexibility index (Phi) is 3.81. The van der Waals surface area contributed by atoms with E-state index in [1.807, 2.05) is 30.7 Å². The maximum atomic E-state index is 11.9. The first-order chi connectivity index (χ1) is 8.18. The Morgan fingerprint density at radius 3 is 3.06 bits per heavy atom. The van der Waals surface area contributed by atoms with Gasteiger partial charge >= 0.3 is 0 Å². The first kappa shape index (κ1) is 12.1. The molecule has 1 atom stereocenters. The van der Waals surface area contributed by atoms with Crippen LogP contribution in [0.5, 0.6) is 0 Å². The molecule has 1 fully saturated rings. The van der Waals surface area contributed by atoms with Crippen molar-refractivity contribution in [2.24, 2.45) is 7.05 Å². The number of amides is 1. The third kappa shape index (κ3) is 2.87. The van der Waals surface area contributed by atoms with Crippen molar-refractivity contribution in [1.29, 1.82) is 0 Å². The topological polar surface area (TPSA) is 55.3 Å². The SMILES string of the molecule is Cc1ccc(C(=O)NCC2COCCN2)n1C. The van der Waals surface area contributed by atoms with Gasteiger partial charge in [0.25, 0.3) is 5.91 Å². The fourth-order valence-electron chi connectivity index (χ4n) is 1.90. The van der Waals surface area contributed by atoms with Gasteiger partial charge in [0, 0.05) is 31.9 Å². The summed E-state index contributed by atoms with van der Waals surface area (Å²) < 4.78 is 7.22. The molecule has 1 aliphatic heterocycles. The van der Waals surface area contributed by atoms with Crippen molar-refractivity contribution >= 4 is 5.91 Å². The molecular formula is C12H19N3O2. The van der Waals surface area contributed by atoms with Gasteiger partial charge in [-0.25, -0.2) is 0 Å². The zero-order chi connectivity index (χ0) is 12.3. The molecule has 2 heterocycles. The van der Waals surface area contributed by atoms with Crippen LogP contribution in [-0.4, -0.2) is 42.8 Å². The van der Waals surface area contributed by atoms with Gasteiger partial charge in [0.2, 0.25) is 0 Å². The lowest BCUT2D eigenvalue weighted by atomic mass is 10.2. The predicted octanol–water partition coefficient (Wildman–Crippen LogP) is 0.0517. The Bertz CT molecular complexity index is 394. The van der Waals surface area contributed by atoms with Crippen molar-refractivity contribution in [3.8, 4) is 0 Å². The molecular weight excluding hydrogens is 218 g/mol. The highest BCUT2D eigenvalue weighted by Crippen LogP contribution is 2.05. The van der Waals surface area contributed by atoms with E-state index in [1.165, 1.54) is 0 Å². The number of carbonyl (C=O) groups excluding carboxylic acids is 1. The van der Waals surface area contributed by atoms with Gasteiger partial charge in [-0.05, 0) is 19.1 Å². The molecule has 0 radical (unpaired) electrons. The second-order valence-electron chi connectivity index (χ2n) is 4.35. The van der Waals surface area contributed by atoms with Crippen LogP contribution in [0.1, 0.15) is 16.2 Å². The van der Waals surface area contributed by atoms with Gasteiger partial charge in [0.15, 0.2) is 0 Å². The zero-order valence-corrected chi connectivity index (χ0v) is 10.3. The summed E-state index contributed by atoms with van der Waals surface area (Å²) in [5, 5.41) is 6.22. The maximum absolute atomic E-state index is 11.9. The predicted molar refractivity (Wildman–Crippen MR) is 65.1 cm³/mol. The van der Waals surface area contributed by atoms with Crippen LogP contribution in [-0.2, 0) is 11.8 Å². The van der Waals surface area contributed by atoms with Crippen LogP contribution in [0.2, 0.25) is 0 Å². The first-order valence-corrected chi connectivity index (χ1v) is 5.90. The summed E-state index contributed by atoms with van der Waals surface area (Å²) in [6, 6.07) is 4.00. The van der Waals surface area contributed by atoms with E-state index in [1.54, 1.807) is 0 Å². The van der Waals surface area contributed by atoms with Gasteiger partial charge < -0.3 is 19.9 Å². The Morgan fingerprint density at radius 1 is 1.65 bits per heavy atom. The number of aromatic nitrogens is 1. The van der Waals surface area contributed by atoms with E-state index >= 15 is 0 Å². The van der Waals surface area contributed by atoms with Crippen LogP contribution in [0.4, 0.5) is 0 Å². The summed E-state index contributed by atoms with van der Waals surface area (Å²) in [6.45, 7) is 4.84. The van der Waals surface area contributed by atoms with E-state index in [0.717, 1.165) is 18.8 Å². The molecule has 1 saturated heterocycles. The standard InChI is InChI=1S/C12H19N3O2/c1-9-3-4-11(15(9)2)12(16)14-7-10-8-17-6-5-13-10/h3-4,10,13H,5-8H2,1-2H3,(H,14,16). The summed E-state index contributed by atoms with van der Waals surface area (Å²) >= 11 is 0. The normalized spacial score (nSPS) is 20.2. The summed E-state index contributed by atoms with van der Waals surface area (Å²) in [4.78, 5) is 11.9. The third-order valence-electron chi connectivity index (χ3n) is 3.11. The molecule has 0 aliphatic carbocycles. The second kappa shape index (κ2) is 5.33. The number of rotatable bonds is 3. The average Bonchev–Trinajstić information content (AvgIpc) is 2.69. The molecule has 2 rings (SSSR count). The minimum atomic E-state index is -0.0343. The molecule has 0 aromatic carbocycles. The minimum Gasteiger partial charge on any atom is -0.378 e. The lowest BCUT2D eigenvalue weighted by molar-refractivity contribution is 0.0733. The molecule has 0 bridgehead atoms. The van der Waals surface area contributed by atoms with Gasteiger partial charge in [-0.15, -0.1) is 0 Å². The summed E-state index contributed by atoms with van der Waals surface area (Å²) in [5.41, 5.74) is 1.77. The summed E-state index contributed by atoms with van der Waals surface area (Å²) in [5.74, 6) is -0.0343. The molecule has 1 aromatic rings. The monoisotopic (exact) mass is 237 g/mol. The van der Waals surface area contributed by atoms with Crippen LogP contribution in [0.3, 0.4) is 0 Å². The molecule has 1 unspecified atom stereocenters. The van der Waals surface area contributed by atoms with Crippen LogP contribution < -0.4 is 10.6 Å². The van der Waals surface area contributed by atoms with Gasteiger partial charge in [-0.1, -0.05) is 0 Å². The lowest BCUT2D eigenvalue weighted by Gasteiger charge is -2.23. The largest absolute Gasteiger partial charge is 0.378 e. The van der Waals surface area contributed by atoms with Crippen molar-refractivity contribution in [3.05, 3.63) is 23.5 Å². The zero-order valence-electron chi connectivity index (χ0n) is 10.3. The number of ether oxygens (including phenoxy) is 1. The van der Waals surface area contributed by atoms with Gasteiger partial charge in [0.05, 0.1) is 13.2 Å². The quantitative estimate of drug-likeness (QED) is 0.781. The van der Waals surface area contributed by atoms with E-state index < -0.39 is 0 Å². The molecule has 5 nitrogen and oxygen atoms in total. The fraction of sp³-hybridized carbons (Fsp3) is 0.583. The first-order valence-electron chi connectivity index (χ1n) is 5.90. The van der Waals surface area contributed by atoms with Gasteiger partial charge in [-0.3, -0.25) is 4.79 Å². The number of carbonyl (C=O) groups is 1. The maximum Gasteiger partial charge on any atom is 0.267 e. The molecule has 2 N–H and O–H groups in total. The second-order valence-corrected chi connectivity index (χ2v) is 4.35. The van der Waals surface area contributed by atoms with Crippen molar-refractivity contribution < 1.29 is 9.53 Å². The van der Waals surface area contributed by atoms with Crippen LogP contribution >= 0.6 is 0 Å². The molecule has 1 aromatic heterocycles. The molecule has 0 saturated carbocycles. The smallest absolute Gasteiger partial charge is 0.267 e. The van der Waals surface area contributed by atoms with Crippen LogP contribution in [0.25, 0.3) is 0 Å². The summed E-state index contributed by atoms with van der Waals surface area (Å²) in [6.07, 6.45) is 0. The highest BCUT2D eigenvalue weighted by Gasteiger charge is 2.15. The number of morpholine rings is 1. The number of hydrogen-bond acceptors (Lipinski definition) is 3. The molecule has 94 valence electrons. The van der Waals surface area contributed by atoms with E-state index in [4.69, 9.17) is 4.74 Å². The van der Waals surface area contributed by atoms with Crippen LogP contribution in [0, 0.1) is 6.92 Å². The Balaban J connectivity index is 1.86. The Hall–Kier alpha value is -1.33. The van der Waals surface area contributed by atoms with E-state index in [0.29, 0.717) is 18.8 Å². The lowest BCUT2D eigenvalue weighted by Crippen LogP contribution is -2.48. The van der Waals surface area contributed by atoms with E-state index in [9.17, 15) is 4.79 Å². The van der Waals surface area contributed by atoms with Crippen LogP contribution in [0.15, 0.2) is 12.1 Å². The third-order valence-corrected chi connectivity index (χ3v) is 3.11. The molecule has 1 aliphatic rings. The van der Waals surface area contributed by atoms with Gasteiger partial charge in [-0.2, -0.15) is 0 Å². The van der Waals surface area contributed by atoms with E-state index in [2.05, 4.69) is 10.6 Å². The van der Waals surface area contributed by atoms with Gasteiger partial charge in [0.1, 0.15) is 5.69 Å². The highest BCUT2D eigenvalue weighted by atomic mass is 16.5. The number of nitrogens with zero attached hydrogens (tertiary/aromatic N) is 1. The molecule has 5 heteroatoms. The number of hydrogen-bond donors (Lipinski definition) is 2. The summed E-state index contributed by atoms with van der Waals surface area (Å²) in [7, 11) is 1.90. The number of nitrogens with one attached hydrogen (secondary N) is 2. The van der Waals surface area contributed by atoms with Crippen molar-refractivity contribution in [2.45, 2.75) is 13.0 Å². The average molecular weight is 237 g/mol. The van der Waals surface area contributed by atoms with E-state index in [-0.39, 0.29) is 11.9 Å². The van der Waals surface area contributed by atoms with Crippen molar-refractivity contribution in [1.82, 2.24) is 15.2 Å². The fourth-order valence-corrected chi connectivity index (χ4v) is 1.90. The number of aryl methyl sites for hydroxylation is 1. The Morgan fingerprint density at radius 2 is 2.47 bits per heavy atom. The molecule has 0 spiro atoms. The minimum absolute atomic E-state index is 0.0343. The van der Waals surface area contributed by atoms with Crippen molar-refractivity contribution in [3.63, 3.8) is 0 Å². The van der Waals surface area contributed by atoms with Crippen molar-refractivity contribution in [2.75, 3.05) is 26.3 Å². The Labute approximate surface area is 101 Å².